The van der Waals surface area contributed by atoms with Gasteiger partial charge in [-0.1, -0.05) is 12.1 Å². The van der Waals surface area contributed by atoms with Crippen LogP contribution in [0.4, 0.5) is 4.39 Å². The Morgan fingerprint density at radius 2 is 2.00 bits per heavy atom. The third kappa shape index (κ3) is 3.07. The molecule has 0 spiro atoms. The molecule has 1 aromatic heterocycles. The summed E-state index contributed by atoms with van der Waals surface area (Å²) in [6.07, 6.45) is 0. The fraction of sp³-hybridized carbons (Fsp3) is 0.214. The molecule has 1 N–H and O–H groups in total. The highest BCUT2D eigenvalue weighted by Gasteiger charge is 2.22. The molecule has 0 aliphatic carbocycles. The van der Waals surface area contributed by atoms with E-state index in [2.05, 4.69) is 5.10 Å². The molecule has 0 aliphatic rings. The molecule has 0 saturated carbocycles. The fourth-order valence-electron chi connectivity index (χ4n) is 1.73. The maximum absolute atomic E-state index is 13.4. The molecule has 1 heterocycles. The fourth-order valence-corrected chi connectivity index (χ4v) is 1.73. The molecule has 6 nitrogen and oxygen atoms in total. The van der Waals surface area contributed by atoms with Crippen molar-refractivity contribution < 1.29 is 23.8 Å². The Kier molecular flexibility index (Phi) is 4.02. The normalized spacial score (nSPS) is 10.7. The second-order valence-electron chi connectivity index (χ2n) is 4.58. The number of carboxylic acids is 1. The van der Waals surface area contributed by atoms with Crippen LogP contribution in [-0.4, -0.2) is 26.8 Å². The van der Waals surface area contributed by atoms with Crippen LogP contribution in [0.3, 0.4) is 0 Å². The molecule has 2 rings (SSSR count). The summed E-state index contributed by atoms with van der Waals surface area (Å²) in [4.78, 5) is 23.0. The first-order chi connectivity index (χ1) is 9.90. The Hall–Kier alpha value is -2.70. The quantitative estimate of drug-likeness (QED) is 0.691. The zero-order valence-electron chi connectivity index (χ0n) is 11.4. The number of carbonyl (C=O) groups excluding carboxylic acids is 1. The second kappa shape index (κ2) is 5.74. The SMILES string of the molecule is CC(C)n1nc(C(=O)Oc2ccccc2F)cc1C(=O)O. The van der Waals surface area contributed by atoms with Gasteiger partial charge in [-0.3, -0.25) is 4.68 Å². The van der Waals surface area contributed by atoms with Crippen molar-refractivity contribution in [2.45, 2.75) is 19.9 Å². The molecular formula is C14H13FN2O4. The molecule has 0 fully saturated rings. The van der Waals surface area contributed by atoms with Gasteiger partial charge in [0, 0.05) is 12.1 Å². The minimum Gasteiger partial charge on any atom is -0.477 e. The largest absolute Gasteiger partial charge is 0.477 e. The number of ether oxygens (including phenoxy) is 1. The van der Waals surface area contributed by atoms with E-state index in [-0.39, 0.29) is 23.2 Å². The Morgan fingerprint density at radius 3 is 2.52 bits per heavy atom. The van der Waals surface area contributed by atoms with Crippen LogP contribution >= 0.6 is 0 Å². The molecule has 2 aromatic rings. The zero-order valence-corrected chi connectivity index (χ0v) is 11.4. The van der Waals surface area contributed by atoms with Gasteiger partial charge in [-0.2, -0.15) is 5.10 Å². The van der Waals surface area contributed by atoms with Crippen molar-refractivity contribution in [3.63, 3.8) is 0 Å². The van der Waals surface area contributed by atoms with Crippen LogP contribution in [0.1, 0.15) is 40.9 Å². The van der Waals surface area contributed by atoms with Crippen LogP contribution in [0.2, 0.25) is 0 Å². The number of carboxylic acid groups (broad SMARTS) is 1. The summed E-state index contributed by atoms with van der Waals surface area (Å²) in [5.74, 6) is -3.05. The number of para-hydroxylation sites is 1. The van der Waals surface area contributed by atoms with Gasteiger partial charge in [0.1, 0.15) is 5.69 Å². The van der Waals surface area contributed by atoms with Crippen LogP contribution in [0.15, 0.2) is 30.3 Å². The highest BCUT2D eigenvalue weighted by molar-refractivity contribution is 5.93. The number of aromatic carboxylic acids is 1. The van der Waals surface area contributed by atoms with Crippen LogP contribution < -0.4 is 4.74 Å². The van der Waals surface area contributed by atoms with E-state index in [9.17, 15) is 14.0 Å². The van der Waals surface area contributed by atoms with Crippen LogP contribution in [-0.2, 0) is 0 Å². The topological polar surface area (TPSA) is 81.4 Å². The molecule has 21 heavy (non-hydrogen) atoms. The highest BCUT2D eigenvalue weighted by Crippen LogP contribution is 2.18. The van der Waals surface area contributed by atoms with Crippen LogP contribution in [0.5, 0.6) is 5.75 Å². The van der Waals surface area contributed by atoms with Gasteiger partial charge in [0.25, 0.3) is 0 Å². The van der Waals surface area contributed by atoms with Gasteiger partial charge < -0.3 is 9.84 Å². The molecule has 0 atom stereocenters. The second-order valence-corrected chi connectivity index (χ2v) is 4.58. The molecule has 1 aromatic carbocycles. The van der Waals surface area contributed by atoms with Gasteiger partial charge >= 0.3 is 11.9 Å². The number of nitrogens with zero attached hydrogens (tertiary/aromatic N) is 2. The monoisotopic (exact) mass is 292 g/mol. The molecule has 0 saturated heterocycles. The van der Waals surface area contributed by atoms with Gasteiger partial charge in [0.05, 0.1) is 0 Å². The van der Waals surface area contributed by atoms with E-state index in [1.54, 1.807) is 13.8 Å². The molecule has 110 valence electrons. The van der Waals surface area contributed by atoms with E-state index < -0.39 is 17.8 Å². The Balaban J connectivity index is 2.30. The minimum absolute atomic E-state index is 0.134. The Morgan fingerprint density at radius 1 is 1.33 bits per heavy atom. The van der Waals surface area contributed by atoms with Crippen molar-refractivity contribution >= 4 is 11.9 Å². The number of rotatable bonds is 4. The van der Waals surface area contributed by atoms with Crippen molar-refractivity contribution in [1.82, 2.24) is 9.78 Å². The van der Waals surface area contributed by atoms with E-state index in [1.165, 1.54) is 22.9 Å². The standard InChI is InChI=1S/C14H13FN2O4/c1-8(2)17-11(13(18)19)7-10(16-17)14(20)21-12-6-4-3-5-9(12)15/h3-8H,1-2H3,(H,18,19). The van der Waals surface area contributed by atoms with Crippen LogP contribution in [0.25, 0.3) is 0 Å². The summed E-state index contributed by atoms with van der Waals surface area (Å²) in [6.45, 7) is 3.46. The predicted octanol–water partition coefficient (Wildman–Crippen LogP) is 2.52. The molecular weight excluding hydrogens is 279 g/mol. The number of esters is 1. The number of hydrogen-bond donors (Lipinski definition) is 1. The Bertz CT molecular complexity index is 694. The van der Waals surface area contributed by atoms with E-state index in [1.807, 2.05) is 0 Å². The van der Waals surface area contributed by atoms with E-state index in [0.717, 1.165) is 12.1 Å². The van der Waals surface area contributed by atoms with Crippen molar-refractivity contribution in [2.75, 3.05) is 0 Å². The average molecular weight is 292 g/mol. The van der Waals surface area contributed by atoms with Crippen molar-refractivity contribution in [3.05, 3.63) is 47.5 Å². The predicted molar refractivity (Wildman–Crippen MR) is 70.9 cm³/mol. The summed E-state index contributed by atoms with van der Waals surface area (Å²) < 4.78 is 19.5. The van der Waals surface area contributed by atoms with E-state index in [0.29, 0.717) is 0 Å². The average Bonchev–Trinajstić information content (AvgIpc) is 2.87. The van der Waals surface area contributed by atoms with Gasteiger partial charge in [0.2, 0.25) is 0 Å². The molecule has 0 bridgehead atoms. The summed E-state index contributed by atoms with van der Waals surface area (Å²) in [6, 6.07) is 6.28. The molecule has 0 amide bonds. The first kappa shape index (κ1) is 14.7. The third-order valence-corrected chi connectivity index (χ3v) is 2.69. The van der Waals surface area contributed by atoms with Gasteiger partial charge in [-0.25, -0.2) is 14.0 Å². The lowest BCUT2D eigenvalue weighted by Crippen LogP contribution is -2.13. The zero-order chi connectivity index (χ0) is 15.6. The first-order valence-electron chi connectivity index (χ1n) is 6.19. The summed E-state index contributed by atoms with van der Waals surface area (Å²) in [5, 5.41) is 13.0. The lowest BCUT2D eigenvalue weighted by atomic mass is 10.3. The lowest BCUT2D eigenvalue weighted by Gasteiger charge is -2.07. The molecule has 0 aliphatic heterocycles. The highest BCUT2D eigenvalue weighted by atomic mass is 19.1. The van der Waals surface area contributed by atoms with E-state index in [4.69, 9.17) is 9.84 Å². The minimum atomic E-state index is -1.21. The third-order valence-electron chi connectivity index (χ3n) is 2.69. The summed E-state index contributed by atoms with van der Waals surface area (Å²) in [5.41, 5.74) is -0.324. The van der Waals surface area contributed by atoms with Crippen LogP contribution in [0, 0.1) is 5.82 Å². The van der Waals surface area contributed by atoms with Crippen molar-refractivity contribution in [2.24, 2.45) is 0 Å². The number of halogens is 1. The lowest BCUT2D eigenvalue weighted by molar-refractivity contribution is 0.0678. The maximum atomic E-state index is 13.4. The maximum Gasteiger partial charge on any atom is 0.364 e. The summed E-state index contributed by atoms with van der Waals surface area (Å²) >= 11 is 0. The van der Waals surface area contributed by atoms with Crippen molar-refractivity contribution in [1.29, 1.82) is 0 Å². The molecule has 0 unspecified atom stereocenters. The Labute approximate surface area is 119 Å². The number of hydrogen-bond acceptors (Lipinski definition) is 4. The first-order valence-corrected chi connectivity index (χ1v) is 6.19. The smallest absolute Gasteiger partial charge is 0.364 e. The summed E-state index contributed by atoms with van der Waals surface area (Å²) in [7, 11) is 0. The van der Waals surface area contributed by atoms with Gasteiger partial charge in [0.15, 0.2) is 17.3 Å². The number of carbonyl (C=O) groups is 2. The van der Waals surface area contributed by atoms with Gasteiger partial charge in [-0.05, 0) is 26.0 Å². The van der Waals surface area contributed by atoms with E-state index >= 15 is 0 Å². The number of aromatic nitrogens is 2. The number of benzene rings is 1. The van der Waals surface area contributed by atoms with Gasteiger partial charge in [-0.15, -0.1) is 0 Å². The molecule has 0 radical (unpaired) electrons. The molecule has 7 heteroatoms. The van der Waals surface area contributed by atoms with Crippen molar-refractivity contribution in [3.8, 4) is 5.75 Å².